The number of fused-ring (bicyclic) bond motifs is 1. The van der Waals surface area contributed by atoms with Crippen molar-refractivity contribution < 1.29 is 27.5 Å². The van der Waals surface area contributed by atoms with Gasteiger partial charge in [-0.3, -0.25) is 9.59 Å². The molecule has 2 aromatic carbocycles. The van der Waals surface area contributed by atoms with Gasteiger partial charge in [-0.15, -0.1) is 11.8 Å². The van der Waals surface area contributed by atoms with Gasteiger partial charge in [0.25, 0.3) is 0 Å². The quantitative estimate of drug-likeness (QED) is 0.634. The van der Waals surface area contributed by atoms with E-state index in [-0.39, 0.29) is 28.9 Å². The van der Waals surface area contributed by atoms with Crippen molar-refractivity contribution in [2.45, 2.75) is 23.1 Å². The van der Waals surface area contributed by atoms with E-state index in [0.29, 0.717) is 22.7 Å². The number of nitrogens with one attached hydrogen (secondary N) is 2. The van der Waals surface area contributed by atoms with Gasteiger partial charge < -0.3 is 15.4 Å². The van der Waals surface area contributed by atoms with Crippen LogP contribution in [-0.4, -0.2) is 44.8 Å². The van der Waals surface area contributed by atoms with Crippen LogP contribution in [0.15, 0.2) is 52.3 Å². The first kappa shape index (κ1) is 22.8. The average Bonchev–Trinajstić information content (AvgIpc) is 2.90. The van der Waals surface area contributed by atoms with E-state index in [1.54, 1.807) is 6.07 Å². The fourth-order valence-corrected chi connectivity index (χ4v) is 5.12. The summed E-state index contributed by atoms with van der Waals surface area (Å²) in [4.78, 5) is 36.5. The molecule has 0 spiro atoms. The Morgan fingerprint density at radius 1 is 1.19 bits per heavy atom. The van der Waals surface area contributed by atoms with Crippen LogP contribution in [0.4, 0.5) is 11.4 Å². The SMILES string of the molecule is COC(=O)c1ccc(NC(=O)CCS(=O)(=O)c2ccc3c(c2)NC(=O)[C@H](C)CS3)cc1. The average molecular weight is 463 g/mol. The van der Waals surface area contributed by atoms with E-state index in [2.05, 4.69) is 15.4 Å². The third-order valence-corrected chi connectivity index (χ3v) is 7.74. The molecule has 0 saturated carbocycles. The molecule has 0 aliphatic carbocycles. The van der Waals surface area contributed by atoms with Crippen LogP contribution >= 0.6 is 11.8 Å². The number of hydrogen-bond acceptors (Lipinski definition) is 7. The van der Waals surface area contributed by atoms with E-state index in [1.807, 2.05) is 6.92 Å². The molecular formula is C21H22N2O6S2. The van der Waals surface area contributed by atoms with Crippen molar-refractivity contribution in [3.8, 4) is 0 Å². The van der Waals surface area contributed by atoms with E-state index in [4.69, 9.17) is 0 Å². The van der Waals surface area contributed by atoms with Crippen LogP contribution in [0.2, 0.25) is 0 Å². The number of rotatable bonds is 6. The molecule has 0 unspecified atom stereocenters. The van der Waals surface area contributed by atoms with Gasteiger partial charge in [-0.1, -0.05) is 6.92 Å². The molecule has 2 aromatic rings. The smallest absolute Gasteiger partial charge is 0.337 e. The molecule has 31 heavy (non-hydrogen) atoms. The van der Waals surface area contributed by atoms with Crippen LogP contribution < -0.4 is 10.6 Å². The number of benzene rings is 2. The molecule has 164 valence electrons. The molecule has 0 aromatic heterocycles. The first-order chi connectivity index (χ1) is 14.7. The van der Waals surface area contributed by atoms with Gasteiger partial charge in [-0.25, -0.2) is 13.2 Å². The molecule has 1 aliphatic rings. The van der Waals surface area contributed by atoms with Crippen molar-refractivity contribution in [2.24, 2.45) is 5.92 Å². The van der Waals surface area contributed by atoms with Crippen LogP contribution in [0, 0.1) is 5.92 Å². The number of hydrogen-bond donors (Lipinski definition) is 2. The first-order valence-electron chi connectivity index (χ1n) is 9.48. The third-order valence-electron chi connectivity index (χ3n) is 4.69. The molecule has 0 radical (unpaired) electrons. The van der Waals surface area contributed by atoms with Crippen molar-refractivity contribution in [3.05, 3.63) is 48.0 Å². The number of esters is 1. The summed E-state index contributed by atoms with van der Waals surface area (Å²) in [6.45, 7) is 1.81. The van der Waals surface area contributed by atoms with Crippen LogP contribution in [0.25, 0.3) is 0 Å². The second kappa shape index (κ2) is 9.52. The molecule has 1 atom stereocenters. The first-order valence-corrected chi connectivity index (χ1v) is 12.1. The highest BCUT2D eigenvalue weighted by Crippen LogP contribution is 2.34. The topological polar surface area (TPSA) is 119 Å². The van der Waals surface area contributed by atoms with Gasteiger partial charge in [-0.05, 0) is 42.5 Å². The lowest BCUT2D eigenvalue weighted by Gasteiger charge is -2.10. The molecule has 3 rings (SSSR count). The van der Waals surface area contributed by atoms with Crippen LogP contribution in [0.5, 0.6) is 0 Å². The summed E-state index contributed by atoms with van der Waals surface area (Å²) in [6.07, 6.45) is -0.240. The largest absolute Gasteiger partial charge is 0.465 e. The third kappa shape index (κ3) is 5.65. The van der Waals surface area contributed by atoms with Crippen molar-refractivity contribution in [3.63, 3.8) is 0 Å². The van der Waals surface area contributed by atoms with Gasteiger partial charge >= 0.3 is 5.97 Å². The lowest BCUT2D eigenvalue weighted by Crippen LogP contribution is -2.20. The van der Waals surface area contributed by atoms with Crippen LogP contribution in [0.1, 0.15) is 23.7 Å². The molecule has 2 N–H and O–H groups in total. The second-order valence-corrected chi connectivity index (χ2v) is 10.2. The highest BCUT2D eigenvalue weighted by atomic mass is 32.2. The van der Waals surface area contributed by atoms with Gasteiger partial charge in [0.2, 0.25) is 11.8 Å². The fraction of sp³-hybridized carbons (Fsp3) is 0.286. The predicted molar refractivity (Wildman–Crippen MR) is 118 cm³/mol. The molecule has 8 nitrogen and oxygen atoms in total. The van der Waals surface area contributed by atoms with Crippen molar-refractivity contribution in [1.82, 2.24) is 0 Å². The molecule has 2 amide bonds. The Morgan fingerprint density at radius 3 is 2.58 bits per heavy atom. The summed E-state index contributed by atoms with van der Waals surface area (Å²) in [7, 11) is -2.45. The number of anilines is 2. The Kier molecular flexibility index (Phi) is 7.01. The zero-order chi connectivity index (χ0) is 22.6. The van der Waals surface area contributed by atoms with Crippen LogP contribution in [0.3, 0.4) is 0 Å². The van der Waals surface area contributed by atoms with Gasteiger partial charge in [0.05, 0.1) is 29.0 Å². The maximum absolute atomic E-state index is 12.7. The number of thioether (sulfide) groups is 1. The number of methoxy groups -OCH3 is 1. The number of sulfone groups is 1. The Morgan fingerprint density at radius 2 is 1.90 bits per heavy atom. The lowest BCUT2D eigenvalue weighted by molar-refractivity contribution is -0.118. The van der Waals surface area contributed by atoms with Crippen molar-refractivity contribution >= 4 is 50.8 Å². The molecule has 10 heteroatoms. The standard InChI is InChI=1S/C21H22N2O6S2/c1-13-12-30-18-8-7-16(11-17(18)23-20(13)25)31(27,28)10-9-19(24)22-15-5-3-14(4-6-15)21(26)29-2/h3-8,11,13H,9-10,12H2,1-2H3,(H,22,24)(H,23,25)/t13-/m1/s1. The highest BCUT2D eigenvalue weighted by molar-refractivity contribution is 7.99. The zero-order valence-electron chi connectivity index (χ0n) is 17.0. The molecule has 0 saturated heterocycles. The summed E-state index contributed by atoms with van der Waals surface area (Å²) < 4.78 is 30.0. The maximum atomic E-state index is 12.7. The number of amides is 2. The van der Waals surface area contributed by atoms with E-state index in [9.17, 15) is 22.8 Å². The Bertz CT molecular complexity index is 1110. The van der Waals surface area contributed by atoms with Gasteiger partial charge in [0.1, 0.15) is 0 Å². The maximum Gasteiger partial charge on any atom is 0.337 e. The summed E-state index contributed by atoms with van der Waals surface area (Å²) >= 11 is 1.49. The molecule has 0 bridgehead atoms. The van der Waals surface area contributed by atoms with E-state index in [1.165, 1.54) is 55.3 Å². The van der Waals surface area contributed by atoms with Gasteiger partial charge in [-0.2, -0.15) is 0 Å². The predicted octanol–water partition coefficient (Wildman–Crippen LogP) is 2.96. The zero-order valence-corrected chi connectivity index (χ0v) is 18.6. The van der Waals surface area contributed by atoms with Crippen LogP contribution in [-0.2, 0) is 24.2 Å². The monoisotopic (exact) mass is 462 g/mol. The number of carbonyl (C=O) groups excluding carboxylic acids is 3. The fourth-order valence-electron chi connectivity index (χ4n) is 2.85. The Balaban J connectivity index is 1.63. The molecular weight excluding hydrogens is 440 g/mol. The summed E-state index contributed by atoms with van der Waals surface area (Å²) in [5.41, 5.74) is 1.25. The Labute approximate surface area is 184 Å². The van der Waals surface area contributed by atoms with E-state index in [0.717, 1.165) is 4.90 Å². The van der Waals surface area contributed by atoms with E-state index < -0.39 is 21.7 Å². The van der Waals surface area contributed by atoms with Gasteiger partial charge in [0.15, 0.2) is 9.84 Å². The molecule has 0 fully saturated rings. The summed E-state index contributed by atoms with van der Waals surface area (Å²) in [5, 5.41) is 5.37. The Hall–Kier alpha value is -2.85. The van der Waals surface area contributed by atoms with Gasteiger partial charge in [0, 0.05) is 28.7 Å². The summed E-state index contributed by atoms with van der Waals surface area (Å²) in [6, 6.07) is 10.7. The molecule has 1 aliphatic heterocycles. The number of ether oxygens (including phenoxy) is 1. The minimum absolute atomic E-state index is 0.0527. The highest BCUT2D eigenvalue weighted by Gasteiger charge is 2.23. The number of carbonyl (C=O) groups is 3. The minimum atomic E-state index is -3.73. The van der Waals surface area contributed by atoms with E-state index >= 15 is 0 Å². The molecule has 1 heterocycles. The van der Waals surface area contributed by atoms with Crippen molar-refractivity contribution in [2.75, 3.05) is 29.2 Å². The summed E-state index contributed by atoms with van der Waals surface area (Å²) in [5.74, 6) is -1.06. The second-order valence-electron chi connectivity index (χ2n) is 7.05. The minimum Gasteiger partial charge on any atom is -0.465 e. The normalized spacial score (nSPS) is 15.9. The van der Waals surface area contributed by atoms with Crippen molar-refractivity contribution in [1.29, 1.82) is 0 Å². The lowest BCUT2D eigenvalue weighted by atomic mass is 10.2.